The van der Waals surface area contributed by atoms with Crippen LogP contribution in [0, 0.1) is 0 Å². The van der Waals surface area contributed by atoms with Crippen molar-refractivity contribution >= 4 is 5.91 Å². The third kappa shape index (κ3) is 2.87. The maximum absolute atomic E-state index is 11.9. The highest BCUT2D eigenvalue weighted by Gasteiger charge is 2.30. The highest BCUT2D eigenvalue weighted by atomic mass is 16.5. The van der Waals surface area contributed by atoms with Crippen LogP contribution in [0.25, 0.3) is 0 Å². The smallest absolute Gasteiger partial charge is 0.287 e. The van der Waals surface area contributed by atoms with Gasteiger partial charge in [-0.2, -0.15) is 0 Å². The Morgan fingerprint density at radius 1 is 1.59 bits per heavy atom. The van der Waals surface area contributed by atoms with Crippen molar-refractivity contribution in [3.05, 3.63) is 23.7 Å². The number of rotatable bonds is 3. The Morgan fingerprint density at radius 3 is 3.00 bits per heavy atom. The highest BCUT2D eigenvalue weighted by molar-refractivity contribution is 5.92. The molecule has 94 valence electrons. The lowest BCUT2D eigenvalue weighted by Gasteiger charge is -2.33. The van der Waals surface area contributed by atoms with Crippen molar-refractivity contribution in [2.45, 2.75) is 31.8 Å². The fourth-order valence-corrected chi connectivity index (χ4v) is 1.98. The Kier molecular flexibility index (Phi) is 3.49. The summed E-state index contributed by atoms with van der Waals surface area (Å²) in [5.41, 5.74) is 5.13. The molecule has 0 aliphatic carbocycles. The zero-order valence-corrected chi connectivity index (χ0v) is 9.99. The Balaban J connectivity index is 2.00. The molecule has 0 spiro atoms. The summed E-state index contributed by atoms with van der Waals surface area (Å²) in [4.78, 5) is 11.9. The van der Waals surface area contributed by atoms with Gasteiger partial charge in [-0.05, 0) is 31.9 Å². The van der Waals surface area contributed by atoms with E-state index in [-0.39, 0.29) is 11.4 Å². The Labute approximate surface area is 100 Å². The van der Waals surface area contributed by atoms with Gasteiger partial charge in [0.25, 0.3) is 5.91 Å². The van der Waals surface area contributed by atoms with Crippen molar-refractivity contribution in [3.8, 4) is 0 Å². The maximum atomic E-state index is 11.9. The van der Waals surface area contributed by atoms with Crippen molar-refractivity contribution in [2.75, 3.05) is 13.2 Å². The lowest BCUT2D eigenvalue weighted by molar-refractivity contribution is 0.0265. The van der Waals surface area contributed by atoms with Crippen molar-refractivity contribution in [1.82, 2.24) is 5.32 Å². The molecule has 17 heavy (non-hydrogen) atoms. The van der Waals surface area contributed by atoms with Gasteiger partial charge in [0.1, 0.15) is 5.76 Å². The van der Waals surface area contributed by atoms with Crippen LogP contribution in [-0.2, 0) is 11.3 Å². The van der Waals surface area contributed by atoms with Gasteiger partial charge in [0.05, 0.1) is 18.7 Å². The predicted octanol–water partition coefficient (Wildman–Crippen LogP) is 1.04. The number of ether oxygens (including phenoxy) is 1. The second kappa shape index (κ2) is 4.89. The average Bonchev–Trinajstić information content (AvgIpc) is 2.78. The van der Waals surface area contributed by atoms with Crippen LogP contribution in [0.2, 0.25) is 0 Å². The number of hydrogen-bond donors (Lipinski definition) is 2. The molecule has 1 fully saturated rings. The number of hydrogen-bond acceptors (Lipinski definition) is 4. The van der Waals surface area contributed by atoms with Gasteiger partial charge in [-0.25, -0.2) is 0 Å². The minimum Gasteiger partial charge on any atom is -0.455 e. The number of furan rings is 1. The third-order valence-corrected chi connectivity index (χ3v) is 2.94. The first kappa shape index (κ1) is 12.1. The summed E-state index contributed by atoms with van der Waals surface area (Å²) in [7, 11) is 0. The van der Waals surface area contributed by atoms with Crippen LogP contribution in [0.1, 0.15) is 36.1 Å². The molecular formula is C12H18N2O3. The molecule has 1 atom stereocenters. The van der Waals surface area contributed by atoms with E-state index in [0.717, 1.165) is 19.4 Å². The first-order valence-electron chi connectivity index (χ1n) is 5.82. The summed E-state index contributed by atoms with van der Waals surface area (Å²) >= 11 is 0. The Hall–Kier alpha value is -1.33. The molecule has 1 aliphatic rings. The molecule has 1 saturated heterocycles. The summed E-state index contributed by atoms with van der Waals surface area (Å²) in [5, 5.41) is 2.95. The lowest BCUT2D eigenvalue weighted by Crippen LogP contribution is -2.51. The molecule has 1 amide bonds. The Morgan fingerprint density at radius 2 is 2.41 bits per heavy atom. The Bertz CT molecular complexity index is 394. The largest absolute Gasteiger partial charge is 0.455 e. The monoisotopic (exact) mass is 238 g/mol. The van der Waals surface area contributed by atoms with Gasteiger partial charge >= 0.3 is 0 Å². The molecule has 0 saturated carbocycles. The topological polar surface area (TPSA) is 77.5 Å². The van der Waals surface area contributed by atoms with Gasteiger partial charge in [0.2, 0.25) is 0 Å². The van der Waals surface area contributed by atoms with E-state index >= 15 is 0 Å². The second-order valence-corrected chi connectivity index (χ2v) is 4.64. The summed E-state index contributed by atoms with van der Waals surface area (Å²) in [6, 6.07) is 3.36. The second-order valence-electron chi connectivity index (χ2n) is 4.64. The zero-order chi connectivity index (χ0) is 12.3. The number of carbonyl (C=O) groups excluding carboxylic acids is 1. The van der Waals surface area contributed by atoms with Crippen molar-refractivity contribution < 1.29 is 13.9 Å². The molecule has 1 aromatic rings. The minimum atomic E-state index is -0.301. The van der Waals surface area contributed by atoms with Gasteiger partial charge < -0.3 is 20.2 Å². The molecule has 5 nitrogen and oxygen atoms in total. The molecule has 1 unspecified atom stereocenters. The fraction of sp³-hybridized carbons (Fsp3) is 0.583. The number of carbonyl (C=O) groups is 1. The first-order valence-corrected chi connectivity index (χ1v) is 5.82. The molecule has 0 radical (unpaired) electrons. The van der Waals surface area contributed by atoms with Crippen molar-refractivity contribution in [2.24, 2.45) is 5.73 Å². The predicted molar refractivity (Wildman–Crippen MR) is 62.5 cm³/mol. The van der Waals surface area contributed by atoms with Crippen LogP contribution in [0.15, 0.2) is 16.5 Å². The molecular weight excluding hydrogens is 220 g/mol. The molecule has 3 N–H and O–H groups in total. The standard InChI is InChI=1S/C12H18N2O3/c1-12(5-2-6-16-8-12)14-11(15)10-4-3-9(7-13)17-10/h3-4H,2,5-8,13H2,1H3,(H,14,15). The minimum absolute atomic E-state index is 0.210. The molecule has 1 aromatic heterocycles. The van der Waals surface area contributed by atoms with E-state index in [2.05, 4.69) is 5.32 Å². The molecule has 0 bridgehead atoms. The first-order chi connectivity index (χ1) is 8.13. The van der Waals surface area contributed by atoms with Crippen LogP contribution < -0.4 is 11.1 Å². The SMILES string of the molecule is CC1(NC(=O)c2ccc(CN)o2)CCCOC1. The van der Waals surface area contributed by atoms with E-state index in [9.17, 15) is 4.79 Å². The van der Waals surface area contributed by atoms with E-state index in [1.807, 2.05) is 6.92 Å². The van der Waals surface area contributed by atoms with Gasteiger partial charge in [-0.1, -0.05) is 0 Å². The van der Waals surface area contributed by atoms with E-state index in [1.54, 1.807) is 12.1 Å². The summed E-state index contributed by atoms with van der Waals surface area (Å²) in [6.07, 6.45) is 1.88. The fourth-order valence-electron chi connectivity index (χ4n) is 1.98. The lowest BCUT2D eigenvalue weighted by atomic mass is 9.95. The molecule has 0 aromatic carbocycles. The number of nitrogens with one attached hydrogen (secondary N) is 1. The van der Waals surface area contributed by atoms with E-state index < -0.39 is 0 Å². The summed E-state index contributed by atoms with van der Waals surface area (Å²) in [6.45, 7) is 3.59. The van der Waals surface area contributed by atoms with Crippen LogP contribution in [-0.4, -0.2) is 24.7 Å². The molecule has 1 aliphatic heterocycles. The summed E-state index contributed by atoms with van der Waals surface area (Å²) in [5.74, 6) is 0.704. The van der Waals surface area contributed by atoms with Crippen LogP contribution >= 0.6 is 0 Å². The van der Waals surface area contributed by atoms with Crippen LogP contribution in [0.3, 0.4) is 0 Å². The van der Waals surface area contributed by atoms with Crippen LogP contribution in [0.4, 0.5) is 0 Å². The zero-order valence-electron chi connectivity index (χ0n) is 9.99. The van der Waals surface area contributed by atoms with Gasteiger partial charge in [-0.15, -0.1) is 0 Å². The van der Waals surface area contributed by atoms with Gasteiger partial charge in [-0.3, -0.25) is 4.79 Å². The number of amides is 1. The maximum Gasteiger partial charge on any atom is 0.287 e. The highest BCUT2D eigenvalue weighted by Crippen LogP contribution is 2.19. The normalized spacial score (nSPS) is 24.6. The average molecular weight is 238 g/mol. The summed E-state index contributed by atoms with van der Waals surface area (Å²) < 4.78 is 10.7. The van der Waals surface area contributed by atoms with Crippen LogP contribution in [0.5, 0.6) is 0 Å². The van der Waals surface area contributed by atoms with E-state index in [1.165, 1.54) is 0 Å². The quantitative estimate of drug-likeness (QED) is 0.824. The van der Waals surface area contributed by atoms with Gasteiger partial charge in [0.15, 0.2) is 5.76 Å². The van der Waals surface area contributed by atoms with Crippen molar-refractivity contribution in [3.63, 3.8) is 0 Å². The van der Waals surface area contributed by atoms with Crippen molar-refractivity contribution in [1.29, 1.82) is 0 Å². The van der Waals surface area contributed by atoms with E-state index in [4.69, 9.17) is 14.9 Å². The van der Waals surface area contributed by atoms with E-state index in [0.29, 0.717) is 24.7 Å². The molecule has 2 rings (SSSR count). The molecule has 2 heterocycles. The third-order valence-electron chi connectivity index (χ3n) is 2.94. The molecule has 5 heteroatoms. The van der Waals surface area contributed by atoms with Gasteiger partial charge in [0, 0.05) is 6.61 Å². The number of nitrogens with two attached hydrogens (primary N) is 1.